The van der Waals surface area contributed by atoms with Crippen LogP contribution in [0.1, 0.15) is 10.7 Å². The van der Waals surface area contributed by atoms with Crippen molar-refractivity contribution in [3.8, 4) is 11.5 Å². The molecule has 2 aromatic rings. The van der Waals surface area contributed by atoms with Gasteiger partial charge in [0.25, 0.3) is 0 Å². The number of carboxylic acids is 1. The van der Waals surface area contributed by atoms with Gasteiger partial charge in [-0.3, -0.25) is 14.6 Å². The Bertz CT molecular complexity index is 566. The van der Waals surface area contributed by atoms with Crippen molar-refractivity contribution < 1.29 is 19.2 Å². The molecule has 8 nitrogen and oxygen atoms in total. The van der Waals surface area contributed by atoms with E-state index < -0.39 is 18.4 Å². The highest BCUT2D eigenvalue weighted by Gasteiger charge is 2.16. The lowest BCUT2D eigenvalue weighted by molar-refractivity contribution is -0.135. The highest BCUT2D eigenvalue weighted by molar-refractivity contribution is 5.91. The van der Waals surface area contributed by atoms with Crippen LogP contribution in [-0.4, -0.2) is 38.7 Å². The topological polar surface area (TPSA) is 118 Å². The third-order valence-corrected chi connectivity index (χ3v) is 1.91. The first-order valence-corrected chi connectivity index (χ1v) is 4.92. The van der Waals surface area contributed by atoms with Gasteiger partial charge in [0.1, 0.15) is 12.2 Å². The Morgan fingerprint density at radius 2 is 2.22 bits per heavy atom. The van der Waals surface area contributed by atoms with E-state index >= 15 is 0 Å². The van der Waals surface area contributed by atoms with Crippen molar-refractivity contribution in [2.45, 2.75) is 0 Å². The highest BCUT2D eigenvalue weighted by atomic mass is 16.5. The summed E-state index contributed by atoms with van der Waals surface area (Å²) < 4.78 is 4.71. The molecule has 2 N–H and O–H groups in total. The van der Waals surface area contributed by atoms with Gasteiger partial charge in [-0.25, -0.2) is 0 Å². The number of hydrogen-bond acceptors (Lipinski definition) is 6. The van der Waals surface area contributed by atoms with E-state index in [1.54, 1.807) is 24.4 Å². The first kappa shape index (κ1) is 11.7. The second-order valence-corrected chi connectivity index (χ2v) is 3.21. The monoisotopic (exact) mass is 248 g/mol. The third-order valence-electron chi connectivity index (χ3n) is 1.91. The molecule has 0 bridgehead atoms. The Hall–Kier alpha value is -2.77. The fourth-order valence-corrected chi connectivity index (χ4v) is 1.15. The van der Waals surface area contributed by atoms with E-state index in [4.69, 9.17) is 9.63 Å². The SMILES string of the molecule is O=C(O)CNC(=O)c1nc(-c2ccccn2)no1. The smallest absolute Gasteiger partial charge is 0.322 e. The molecular formula is C10H8N4O4. The van der Waals surface area contributed by atoms with Gasteiger partial charge in [0, 0.05) is 6.20 Å². The van der Waals surface area contributed by atoms with E-state index in [0.717, 1.165) is 0 Å². The minimum Gasteiger partial charge on any atom is -0.480 e. The van der Waals surface area contributed by atoms with E-state index in [0.29, 0.717) is 5.69 Å². The average Bonchev–Trinajstić information content (AvgIpc) is 2.86. The molecule has 0 aliphatic carbocycles. The fourth-order valence-electron chi connectivity index (χ4n) is 1.15. The van der Waals surface area contributed by atoms with Gasteiger partial charge in [0.05, 0.1) is 0 Å². The van der Waals surface area contributed by atoms with Crippen LogP contribution in [0.4, 0.5) is 0 Å². The molecule has 0 aromatic carbocycles. The Kier molecular flexibility index (Phi) is 3.28. The largest absolute Gasteiger partial charge is 0.480 e. The second-order valence-electron chi connectivity index (χ2n) is 3.21. The predicted molar refractivity (Wildman–Crippen MR) is 57.5 cm³/mol. The lowest BCUT2D eigenvalue weighted by Crippen LogP contribution is -2.29. The maximum Gasteiger partial charge on any atom is 0.322 e. The minimum atomic E-state index is -1.16. The second kappa shape index (κ2) is 5.04. The first-order chi connectivity index (χ1) is 8.66. The van der Waals surface area contributed by atoms with Gasteiger partial charge in [0.15, 0.2) is 0 Å². The van der Waals surface area contributed by atoms with Crippen LogP contribution in [0.25, 0.3) is 11.5 Å². The third kappa shape index (κ3) is 2.67. The summed E-state index contributed by atoms with van der Waals surface area (Å²) in [7, 11) is 0. The lowest BCUT2D eigenvalue weighted by atomic mass is 10.3. The van der Waals surface area contributed by atoms with Gasteiger partial charge >= 0.3 is 17.8 Å². The normalized spacial score (nSPS) is 10.0. The number of amides is 1. The minimum absolute atomic E-state index is 0.163. The molecule has 0 radical (unpaired) electrons. The fraction of sp³-hybridized carbons (Fsp3) is 0.100. The van der Waals surface area contributed by atoms with Crippen LogP contribution in [0.15, 0.2) is 28.9 Å². The number of carboxylic acid groups (broad SMARTS) is 1. The molecule has 0 aliphatic rings. The van der Waals surface area contributed by atoms with Crippen LogP contribution in [0.5, 0.6) is 0 Å². The molecule has 2 rings (SSSR count). The molecule has 0 fully saturated rings. The molecule has 1 amide bonds. The summed E-state index contributed by atoms with van der Waals surface area (Å²) in [6, 6.07) is 5.12. The molecule has 2 heterocycles. The number of rotatable bonds is 4. The summed E-state index contributed by atoms with van der Waals surface area (Å²) in [5.74, 6) is -2.05. The zero-order chi connectivity index (χ0) is 13.0. The van der Waals surface area contributed by atoms with Gasteiger partial charge in [0.2, 0.25) is 5.82 Å². The Balaban J connectivity index is 2.11. The molecule has 0 spiro atoms. The number of nitrogens with one attached hydrogen (secondary N) is 1. The summed E-state index contributed by atoms with van der Waals surface area (Å²) in [6.07, 6.45) is 1.55. The predicted octanol–water partition coefficient (Wildman–Crippen LogP) is -0.0540. The van der Waals surface area contributed by atoms with Crippen molar-refractivity contribution in [1.82, 2.24) is 20.4 Å². The van der Waals surface area contributed by atoms with Crippen LogP contribution >= 0.6 is 0 Å². The number of hydrogen-bond donors (Lipinski definition) is 2. The van der Waals surface area contributed by atoms with Crippen molar-refractivity contribution in [3.63, 3.8) is 0 Å². The van der Waals surface area contributed by atoms with Gasteiger partial charge in [-0.2, -0.15) is 4.98 Å². The van der Waals surface area contributed by atoms with Gasteiger partial charge in [-0.1, -0.05) is 11.2 Å². The van der Waals surface area contributed by atoms with Crippen molar-refractivity contribution >= 4 is 11.9 Å². The number of nitrogens with zero attached hydrogens (tertiary/aromatic N) is 3. The molecule has 92 valence electrons. The number of aromatic nitrogens is 3. The number of carbonyl (C=O) groups is 2. The summed E-state index contributed by atoms with van der Waals surface area (Å²) in [5.41, 5.74) is 0.457. The molecule has 0 unspecified atom stereocenters. The zero-order valence-electron chi connectivity index (χ0n) is 9.03. The molecule has 0 aliphatic heterocycles. The van der Waals surface area contributed by atoms with Crippen molar-refractivity contribution in [2.24, 2.45) is 0 Å². The van der Waals surface area contributed by atoms with E-state index in [1.165, 1.54) is 0 Å². The summed E-state index contributed by atoms with van der Waals surface area (Å²) in [5, 5.41) is 14.1. The van der Waals surface area contributed by atoms with E-state index in [-0.39, 0.29) is 11.7 Å². The zero-order valence-corrected chi connectivity index (χ0v) is 9.03. The number of pyridine rings is 1. The van der Waals surface area contributed by atoms with Gasteiger partial charge < -0.3 is 14.9 Å². The van der Waals surface area contributed by atoms with E-state index in [1.807, 2.05) is 0 Å². The summed E-state index contributed by atoms with van der Waals surface area (Å²) in [4.78, 5) is 29.5. The average molecular weight is 248 g/mol. The Morgan fingerprint density at radius 1 is 1.39 bits per heavy atom. The maximum absolute atomic E-state index is 11.4. The van der Waals surface area contributed by atoms with E-state index in [9.17, 15) is 9.59 Å². The van der Waals surface area contributed by atoms with E-state index in [2.05, 4.69) is 20.4 Å². The standard InChI is InChI=1S/C10H8N4O4/c15-7(16)5-12-9(17)10-13-8(14-18-10)6-3-1-2-4-11-6/h1-4H,5H2,(H,12,17)(H,15,16). The summed E-state index contributed by atoms with van der Waals surface area (Å²) in [6.45, 7) is -0.514. The lowest BCUT2D eigenvalue weighted by Gasteiger charge is -1.95. The van der Waals surface area contributed by atoms with Crippen LogP contribution in [0, 0.1) is 0 Å². The van der Waals surface area contributed by atoms with Crippen LogP contribution in [0.2, 0.25) is 0 Å². The summed E-state index contributed by atoms with van der Waals surface area (Å²) >= 11 is 0. The first-order valence-electron chi connectivity index (χ1n) is 4.92. The van der Waals surface area contributed by atoms with Crippen molar-refractivity contribution in [3.05, 3.63) is 30.3 Å². The van der Waals surface area contributed by atoms with Crippen LogP contribution in [-0.2, 0) is 4.79 Å². The molecule has 8 heteroatoms. The highest BCUT2D eigenvalue weighted by Crippen LogP contribution is 2.11. The van der Waals surface area contributed by atoms with Crippen LogP contribution < -0.4 is 5.32 Å². The van der Waals surface area contributed by atoms with Crippen molar-refractivity contribution in [1.29, 1.82) is 0 Å². The Labute approximate surface area is 101 Å². The number of carbonyl (C=O) groups excluding carboxylic acids is 1. The molecule has 2 aromatic heterocycles. The molecule has 18 heavy (non-hydrogen) atoms. The van der Waals surface area contributed by atoms with Crippen molar-refractivity contribution in [2.75, 3.05) is 6.54 Å². The molecule has 0 saturated heterocycles. The molecular weight excluding hydrogens is 240 g/mol. The molecule has 0 atom stereocenters. The molecule has 0 saturated carbocycles. The number of aliphatic carboxylic acids is 1. The Morgan fingerprint density at radius 3 is 2.89 bits per heavy atom. The van der Waals surface area contributed by atoms with Gasteiger partial charge in [-0.15, -0.1) is 0 Å². The maximum atomic E-state index is 11.4. The van der Waals surface area contributed by atoms with Gasteiger partial charge in [-0.05, 0) is 12.1 Å². The quantitative estimate of drug-likeness (QED) is 0.778. The van der Waals surface area contributed by atoms with Crippen LogP contribution in [0.3, 0.4) is 0 Å².